The lowest BCUT2D eigenvalue weighted by atomic mass is 10.1. The molecule has 2 aromatic rings. The van der Waals surface area contributed by atoms with Crippen LogP contribution in [0.3, 0.4) is 0 Å². The summed E-state index contributed by atoms with van der Waals surface area (Å²) < 4.78 is 5.15. The summed E-state index contributed by atoms with van der Waals surface area (Å²) >= 11 is 0. The van der Waals surface area contributed by atoms with Crippen molar-refractivity contribution in [3.05, 3.63) is 47.1 Å². The van der Waals surface area contributed by atoms with Crippen molar-refractivity contribution >= 4 is 5.97 Å². The van der Waals surface area contributed by atoms with E-state index >= 15 is 0 Å². The first-order valence-corrected chi connectivity index (χ1v) is 6.30. The minimum absolute atomic E-state index is 0.0373. The number of nitrogens with zero attached hydrogens (tertiary/aromatic N) is 3. The van der Waals surface area contributed by atoms with Crippen LogP contribution in [0.15, 0.2) is 28.8 Å². The number of aromatic nitrogens is 2. The fraction of sp³-hybridized carbons (Fsp3) is 0.357. The van der Waals surface area contributed by atoms with Crippen LogP contribution in [0.5, 0.6) is 0 Å². The molecule has 0 saturated heterocycles. The van der Waals surface area contributed by atoms with Gasteiger partial charge in [0.25, 0.3) is 0 Å². The number of benzene rings is 1. The molecule has 1 aromatic carbocycles. The number of carbonyl (C=O) groups is 1. The van der Waals surface area contributed by atoms with Gasteiger partial charge in [-0.25, -0.2) is 4.79 Å². The molecule has 6 heteroatoms. The molecule has 0 spiro atoms. The maximum atomic E-state index is 11.0. The molecule has 6 nitrogen and oxygen atoms in total. The number of hydrogen-bond acceptors (Lipinski definition) is 5. The van der Waals surface area contributed by atoms with Gasteiger partial charge in [-0.15, -0.1) is 0 Å². The zero-order chi connectivity index (χ0) is 14.7. The van der Waals surface area contributed by atoms with E-state index in [4.69, 9.17) is 9.63 Å². The summed E-state index contributed by atoms with van der Waals surface area (Å²) in [7, 11) is 1.93. The standard InChI is InChI=1S/C14H17N3O3/c1-9(13-15-10(2)16-20-13)17(3)8-11-5-4-6-12(7-11)14(18)19/h4-7,9H,8H2,1-3H3,(H,18,19)/t9-/m0/s1. The SMILES string of the molecule is Cc1noc([C@H](C)N(C)Cc2cccc(C(=O)O)c2)n1. The van der Waals surface area contributed by atoms with Crippen LogP contribution < -0.4 is 0 Å². The molecule has 2 rings (SSSR count). The summed E-state index contributed by atoms with van der Waals surface area (Å²) in [5, 5.41) is 12.8. The quantitative estimate of drug-likeness (QED) is 0.901. The van der Waals surface area contributed by atoms with Crippen molar-refractivity contribution in [1.82, 2.24) is 15.0 Å². The Bertz CT molecular complexity index is 609. The van der Waals surface area contributed by atoms with Crippen LogP contribution in [-0.2, 0) is 6.54 Å². The summed E-state index contributed by atoms with van der Waals surface area (Å²) in [4.78, 5) is 17.2. The molecule has 1 N–H and O–H groups in total. The first kappa shape index (κ1) is 14.2. The van der Waals surface area contributed by atoms with Crippen LogP contribution >= 0.6 is 0 Å². The van der Waals surface area contributed by atoms with E-state index in [-0.39, 0.29) is 11.6 Å². The number of aryl methyl sites for hydroxylation is 1. The second-order valence-corrected chi connectivity index (χ2v) is 4.78. The summed E-state index contributed by atoms with van der Waals surface area (Å²) in [5.41, 5.74) is 1.22. The molecule has 0 fully saturated rings. The largest absolute Gasteiger partial charge is 0.478 e. The number of hydrogen-bond donors (Lipinski definition) is 1. The molecule has 0 amide bonds. The lowest BCUT2D eigenvalue weighted by Gasteiger charge is -2.21. The van der Waals surface area contributed by atoms with E-state index in [1.54, 1.807) is 25.1 Å². The Kier molecular flexibility index (Phi) is 4.14. The van der Waals surface area contributed by atoms with Crippen LogP contribution in [0, 0.1) is 6.92 Å². The Labute approximate surface area is 117 Å². The smallest absolute Gasteiger partial charge is 0.335 e. The van der Waals surface area contributed by atoms with Gasteiger partial charge in [0, 0.05) is 6.54 Å². The summed E-state index contributed by atoms with van der Waals surface area (Å²) in [5.74, 6) is 0.239. The molecule has 1 heterocycles. The monoisotopic (exact) mass is 275 g/mol. The molecule has 0 aliphatic carbocycles. The summed E-state index contributed by atoms with van der Waals surface area (Å²) in [6.07, 6.45) is 0. The highest BCUT2D eigenvalue weighted by molar-refractivity contribution is 5.87. The van der Waals surface area contributed by atoms with E-state index in [0.717, 1.165) is 5.56 Å². The molecular formula is C14H17N3O3. The highest BCUT2D eigenvalue weighted by atomic mass is 16.5. The van der Waals surface area contributed by atoms with Gasteiger partial charge in [-0.2, -0.15) is 4.98 Å². The van der Waals surface area contributed by atoms with Crippen molar-refractivity contribution in [2.24, 2.45) is 0 Å². The van der Waals surface area contributed by atoms with Crippen LogP contribution in [0.1, 0.15) is 40.6 Å². The van der Waals surface area contributed by atoms with E-state index in [1.165, 1.54) is 0 Å². The zero-order valence-electron chi connectivity index (χ0n) is 11.7. The molecule has 106 valence electrons. The Balaban J connectivity index is 2.09. The average Bonchev–Trinajstić information content (AvgIpc) is 2.84. The molecule has 0 saturated carbocycles. The predicted molar refractivity (Wildman–Crippen MR) is 72.3 cm³/mol. The normalized spacial score (nSPS) is 12.6. The average molecular weight is 275 g/mol. The second-order valence-electron chi connectivity index (χ2n) is 4.78. The number of carboxylic acid groups (broad SMARTS) is 1. The Morgan fingerprint density at radius 3 is 2.85 bits per heavy atom. The molecule has 0 radical (unpaired) electrons. The first-order valence-electron chi connectivity index (χ1n) is 6.30. The third kappa shape index (κ3) is 3.21. The molecule has 0 aliphatic heterocycles. The second kappa shape index (κ2) is 5.83. The van der Waals surface area contributed by atoms with E-state index in [0.29, 0.717) is 18.3 Å². The molecule has 0 aliphatic rings. The number of carboxylic acids is 1. The van der Waals surface area contributed by atoms with Crippen LogP contribution in [0.2, 0.25) is 0 Å². The maximum absolute atomic E-state index is 11.0. The van der Waals surface area contributed by atoms with E-state index < -0.39 is 5.97 Å². The van der Waals surface area contributed by atoms with Gasteiger partial charge in [0.1, 0.15) is 0 Å². The Hall–Kier alpha value is -2.21. The molecule has 1 aromatic heterocycles. The van der Waals surface area contributed by atoms with Gasteiger partial charge in [-0.1, -0.05) is 17.3 Å². The minimum atomic E-state index is -0.921. The summed E-state index contributed by atoms with van der Waals surface area (Å²) in [6, 6.07) is 6.86. The lowest BCUT2D eigenvalue weighted by molar-refractivity contribution is 0.0696. The number of rotatable bonds is 5. The highest BCUT2D eigenvalue weighted by Gasteiger charge is 2.18. The van der Waals surface area contributed by atoms with Gasteiger partial charge in [-0.3, -0.25) is 4.90 Å². The summed E-state index contributed by atoms with van der Waals surface area (Å²) in [6.45, 7) is 4.34. The number of aromatic carboxylic acids is 1. The minimum Gasteiger partial charge on any atom is -0.478 e. The topological polar surface area (TPSA) is 79.5 Å². The van der Waals surface area contributed by atoms with Gasteiger partial charge in [-0.05, 0) is 38.6 Å². The van der Waals surface area contributed by atoms with Crippen LogP contribution in [-0.4, -0.2) is 33.2 Å². The van der Waals surface area contributed by atoms with Gasteiger partial charge in [0.05, 0.1) is 11.6 Å². The fourth-order valence-electron chi connectivity index (χ4n) is 1.90. The van der Waals surface area contributed by atoms with Crippen molar-refractivity contribution in [3.8, 4) is 0 Å². The predicted octanol–water partition coefficient (Wildman–Crippen LogP) is 2.27. The zero-order valence-corrected chi connectivity index (χ0v) is 11.7. The first-order chi connectivity index (χ1) is 9.47. The van der Waals surface area contributed by atoms with E-state index in [1.807, 2.05) is 24.9 Å². The lowest BCUT2D eigenvalue weighted by Crippen LogP contribution is -2.22. The van der Waals surface area contributed by atoms with Crippen LogP contribution in [0.25, 0.3) is 0 Å². The van der Waals surface area contributed by atoms with Crippen molar-refractivity contribution in [2.45, 2.75) is 26.4 Å². The molecule has 1 atom stereocenters. The fourth-order valence-corrected chi connectivity index (χ4v) is 1.90. The van der Waals surface area contributed by atoms with E-state index in [9.17, 15) is 4.79 Å². The molecule has 0 bridgehead atoms. The van der Waals surface area contributed by atoms with Crippen molar-refractivity contribution in [2.75, 3.05) is 7.05 Å². The van der Waals surface area contributed by atoms with Gasteiger partial charge >= 0.3 is 5.97 Å². The van der Waals surface area contributed by atoms with Gasteiger partial charge in [0.2, 0.25) is 5.89 Å². The van der Waals surface area contributed by atoms with Gasteiger partial charge < -0.3 is 9.63 Å². The Morgan fingerprint density at radius 1 is 1.50 bits per heavy atom. The van der Waals surface area contributed by atoms with Crippen molar-refractivity contribution in [3.63, 3.8) is 0 Å². The molecule has 20 heavy (non-hydrogen) atoms. The van der Waals surface area contributed by atoms with Crippen molar-refractivity contribution < 1.29 is 14.4 Å². The van der Waals surface area contributed by atoms with Gasteiger partial charge in [0.15, 0.2) is 5.82 Å². The third-order valence-electron chi connectivity index (χ3n) is 3.17. The molecular weight excluding hydrogens is 258 g/mol. The van der Waals surface area contributed by atoms with Crippen molar-refractivity contribution in [1.29, 1.82) is 0 Å². The highest BCUT2D eigenvalue weighted by Crippen LogP contribution is 2.19. The molecule has 0 unspecified atom stereocenters. The third-order valence-corrected chi connectivity index (χ3v) is 3.17. The van der Waals surface area contributed by atoms with E-state index in [2.05, 4.69) is 10.1 Å². The maximum Gasteiger partial charge on any atom is 0.335 e. The Morgan fingerprint density at radius 2 is 2.25 bits per heavy atom. The van der Waals surface area contributed by atoms with Crippen LogP contribution in [0.4, 0.5) is 0 Å².